The van der Waals surface area contributed by atoms with Crippen LogP contribution in [0.15, 0.2) is 42.0 Å². The van der Waals surface area contributed by atoms with Crippen molar-refractivity contribution in [2.45, 2.75) is 38.5 Å². The Bertz CT molecular complexity index is 287. The largest absolute Gasteiger partial charge is 0.0850 e. The maximum atomic E-state index is 2.46. The molecule has 0 heteroatoms. The topological polar surface area (TPSA) is 0 Å². The fourth-order valence-electron chi connectivity index (χ4n) is 2.12. The third-order valence-corrected chi connectivity index (χ3v) is 2.95. The van der Waals surface area contributed by atoms with Crippen molar-refractivity contribution in [2.75, 3.05) is 0 Å². The molecule has 0 unspecified atom stereocenters. The Balaban J connectivity index is 1.80. The molecule has 0 radical (unpaired) electrons. The van der Waals surface area contributed by atoms with Crippen molar-refractivity contribution in [2.24, 2.45) is 0 Å². The van der Waals surface area contributed by atoms with Crippen LogP contribution in [0.1, 0.15) is 37.7 Å². The molecule has 74 valence electrons. The number of allylic oxidation sites excluding steroid dienone is 2. The first kappa shape index (κ1) is 9.51. The van der Waals surface area contributed by atoms with Gasteiger partial charge in [0.25, 0.3) is 0 Å². The summed E-state index contributed by atoms with van der Waals surface area (Å²) in [5.41, 5.74) is 3.16. The molecule has 0 spiro atoms. The van der Waals surface area contributed by atoms with E-state index in [9.17, 15) is 0 Å². The average molecular weight is 186 g/mol. The predicted octanol–water partition coefficient (Wildman–Crippen LogP) is 4.12. The molecule has 0 N–H and O–H groups in total. The van der Waals surface area contributed by atoms with Crippen molar-refractivity contribution >= 4 is 0 Å². The first-order valence-corrected chi connectivity index (χ1v) is 5.67. The maximum Gasteiger partial charge on any atom is -0.0244 e. The summed E-state index contributed by atoms with van der Waals surface area (Å²) in [6.45, 7) is 0. The SMILES string of the molecule is C(CCc1ccccc1)=C1CCCC1. The molecule has 0 amide bonds. The second kappa shape index (κ2) is 4.99. The molecule has 1 aliphatic carbocycles. The van der Waals surface area contributed by atoms with Gasteiger partial charge in [-0.2, -0.15) is 0 Å². The summed E-state index contributed by atoms with van der Waals surface area (Å²) in [5.74, 6) is 0. The van der Waals surface area contributed by atoms with Gasteiger partial charge in [-0.25, -0.2) is 0 Å². The van der Waals surface area contributed by atoms with Gasteiger partial charge < -0.3 is 0 Å². The summed E-state index contributed by atoms with van der Waals surface area (Å²) < 4.78 is 0. The minimum absolute atomic E-state index is 1.20. The molecular weight excluding hydrogens is 168 g/mol. The molecule has 0 nitrogen and oxygen atoms in total. The Hall–Kier alpha value is -1.04. The zero-order valence-electron chi connectivity index (χ0n) is 8.71. The molecule has 0 atom stereocenters. The molecule has 14 heavy (non-hydrogen) atoms. The van der Waals surface area contributed by atoms with Gasteiger partial charge in [-0.15, -0.1) is 0 Å². The van der Waals surface area contributed by atoms with E-state index in [-0.39, 0.29) is 0 Å². The lowest BCUT2D eigenvalue weighted by Crippen LogP contribution is -1.82. The van der Waals surface area contributed by atoms with Crippen LogP contribution in [0, 0.1) is 0 Å². The quantitative estimate of drug-likeness (QED) is 0.623. The Labute approximate surface area is 86.7 Å². The highest BCUT2D eigenvalue weighted by molar-refractivity contribution is 5.16. The van der Waals surface area contributed by atoms with Crippen molar-refractivity contribution in [3.05, 3.63) is 47.5 Å². The molecule has 0 heterocycles. The van der Waals surface area contributed by atoms with Crippen LogP contribution < -0.4 is 0 Å². The van der Waals surface area contributed by atoms with Gasteiger partial charge in [0.1, 0.15) is 0 Å². The highest BCUT2D eigenvalue weighted by Gasteiger charge is 2.04. The minimum Gasteiger partial charge on any atom is -0.0850 e. The highest BCUT2D eigenvalue weighted by Crippen LogP contribution is 2.24. The highest BCUT2D eigenvalue weighted by atomic mass is 14.1. The standard InChI is InChI=1S/C14H18/c1-2-7-13(8-3-1)11-6-12-14-9-4-5-10-14/h1-3,7-8,12H,4-6,9-11H2. The van der Waals surface area contributed by atoms with Gasteiger partial charge in [-0.1, -0.05) is 42.0 Å². The third kappa shape index (κ3) is 2.73. The summed E-state index contributed by atoms with van der Waals surface area (Å²) in [5, 5.41) is 0. The van der Waals surface area contributed by atoms with Crippen molar-refractivity contribution in [1.82, 2.24) is 0 Å². The van der Waals surface area contributed by atoms with Crippen LogP contribution in [-0.2, 0) is 6.42 Å². The number of hydrogen-bond donors (Lipinski definition) is 0. The van der Waals surface area contributed by atoms with Crippen LogP contribution in [0.4, 0.5) is 0 Å². The molecule has 1 aromatic rings. The van der Waals surface area contributed by atoms with Crippen molar-refractivity contribution < 1.29 is 0 Å². The number of hydrogen-bond acceptors (Lipinski definition) is 0. The fraction of sp³-hybridized carbons (Fsp3) is 0.429. The summed E-state index contributed by atoms with van der Waals surface area (Å²) in [6.07, 6.45) is 10.4. The Morgan fingerprint density at radius 2 is 1.71 bits per heavy atom. The van der Waals surface area contributed by atoms with Crippen LogP contribution in [0.2, 0.25) is 0 Å². The lowest BCUT2D eigenvalue weighted by atomic mass is 10.1. The van der Waals surface area contributed by atoms with Crippen molar-refractivity contribution in [1.29, 1.82) is 0 Å². The number of aryl methyl sites for hydroxylation is 1. The van der Waals surface area contributed by atoms with Crippen molar-refractivity contribution in [3.8, 4) is 0 Å². The van der Waals surface area contributed by atoms with E-state index in [2.05, 4.69) is 36.4 Å². The predicted molar refractivity (Wildman–Crippen MR) is 61.3 cm³/mol. The van der Waals surface area contributed by atoms with Gasteiger partial charge >= 0.3 is 0 Å². The molecule has 1 aliphatic rings. The van der Waals surface area contributed by atoms with E-state index in [1.165, 1.54) is 44.1 Å². The summed E-state index contributed by atoms with van der Waals surface area (Å²) in [6, 6.07) is 10.8. The molecule has 2 rings (SSSR count). The van der Waals surface area contributed by atoms with Gasteiger partial charge in [0.05, 0.1) is 0 Å². The second-order valence-electron chi connectivity index (χ2n) is 4.09. The molecule has 0 aliphatic heterocycles. The fourth-order valence-corrected chi connectivity index (χ4v) is 2.12. The average Bonchev–Trinajstić information content (AvgIpc) is 2.72. The molecule has 0 bridgehead atoms. The van der Waals surface area contributed by atoms with Crippen LogP contribution in [0.25, 0.3) is 0 Å². The Kier molecular flexibility index (Phi) is 3.39. The van der Waals surface area contributed by atoms with Crippen LogP contribution in [-0.4, -0.2) is 0 Å². The van der Waals surface area contributed by atoms with Gasteiger partial charge in [0.2, 0.25) is 0 Å². The van der Waals surface area contributed by atoms with Crippen LogP contribution >= 0.6 is 0 Å². The first-order valence-electron chi connectivity index (χ1n) is 5.67. The van der Waals surface area contributed by atoms with Crippen molar-refractivity contribution in [3.63, 3.8) is 0 Å². The molecule has 1 fully saturated rings. The van der Waals surface area contributed by atoms with E-state index in [1.807, 2.05) is 0 Å². The molecule has 1 aromatic carbocycles. The third-order valence-electron chi connectivity index (χ3n) is 2.95. The van der Waals surface area contributed by atoms with Gasteiger partial charge in [-0.3, -0.25) is 0 Å². The maximum absolute atomic E-state index is 2.46. The lowest BCUT2D eigenvalue weighted by Gasteiger charge is -1.98. The monoisotopic (exact) mass is 186 g/mol. The lowest BCUT2D eigenvalue weighted by molar-refractivity contribution is 0.886. The second-order valence-corrected chi connectivity index (χ2v) is 4.09. The van der Waals surface area contributed by atoms with E-state index in [4.69, 9.17) is 0 Å². The number of benzene rings is 1. The van der Waals surface area contributed by atoms with Gasteiger partial charge in [-0.05, 0) is 44.1 Å². The smallest absolute Gasteiger partial charge is 0.0244 e. The Morgan fingerprint density at radius 3 is 2.43 bits per heavy atom. The minimum atomic E-state index is 1.20. The van der Waals surface area contributed by atoms with E-state index in [0.717, 1.165) is 0 Å². The van der Waals surface area contributed by atoms with E-state index in [0.29, 0.717) is 0 Å². The zero-order chi connectivity index (χ0) is 9.64. The summed E-state index contributed by atoms with van der Waals surface area (Å²) >= 11 is 0. The summed E-state index contributed by atoms with van der Waals surface area (Å²) in [7, 11) is 0. The normalized spacial score (nSPS) is 15.9. The van der Waals surface area contributed by atoms with E-state index in [1.54, 1.807) is 5.57 Å². The first-order chi connectivity index (χ1) is 6.95. The Morgan fingerprint density at radius 1 is 1.00 bits per heavy atom. The molecule has 0 aromatic heterocycles. The summed E-state index contributed by atoms with van der Waals surface area (Å²) in [4.78, 5) is 0. The van der Waals surface area contributed by atoms with E-state index >= 15 is 0 Å². The zero-order valence-corrected chi connectivity index (χ0v) is 8.71. The molecule has 0 saturated heterocycles. The molecular formula is C14H18. The van der Waals surface area contributed by atoms with Crippen LogP contribution in [0.5, 0.6) is 0 Å². The van der Waals surface area contributed by atoms with E-state index < -0.39 is 0 Å². The van der Waals surface area contributed by atoms with Crippen LogP contribution in [0.3, 0.4) is 0 Å². The number of rotatable bonds is 3. The van der Waals surface area contributed by atoms with Gasteiger partial charge in [0.15, 0.2) is 0 Å². The van der Waals surface area contributed by atoms with Gasteiger partial charge in [0, 0.05) is 0 Å². The molecule has 1 saturated carbocycles.